The molecular formula is C11H14ClN3O. The number of hydrogen-bond donors (Lipinski definition) is 1. The molecule has 0 aliphatic heterocycles. The molecule has 2 rings (SSSR count). The van der Waals surface area contributed by atoms with Crippen LogP contribution >= 0.6 is 11.6 Å². The van der Waals surface area contributed by atoms with Crippen molar-refractivity contribution in [3.05, 3.63) is 17.5 Å². The monoisotopic (exact) mass is 239 g/mol. The Morgan fingerprint density at radius 2 is 2.06 bits per heavy atom. The lowest BCUT2D eigenvalue weighted by Gasteiger charge is -2.20. The van der Waals surface area contributed by atoms with E-state index in [-0.39, 0.29) is 11.8 Å². The fraction of sp³-hybridized carbons (Fsp3) is 0.545. The van der Waals surface area contributed by atoms with Crippen LogP contribution in [0, 0.1) is 5.92 Å². The van der Waals surface area contributed by atoms with E-state index in [0.717, 1.165) is 25.7 Å². The highest BCUT2D eigenvalue weighted by Crippen LogP contribution is 2.24. The van der Waals surface area contributed by atoms with E-state index in [9.17, 15) is 4.79 Å². The summed E-state index contributed by atoms with van der Waals surface area (Å²) < 4.78 is 0. The topological polar surface area (TPSA) is 54.9 Å². The number of amides is 1. The molecule has 1 aromatic heterocycles. The van der Waals surface area contributed by atoms with Gasteiger partial charge in [-0.25, -0.2) is 4.98 Å². The quantitative estimate of drug-likeness (QED) is 0.863. The normalized spacial score (nSPS) is 17.1. The number of halogens is 1. The summed E-state index contributed by atoms with van der Waals surface area (Å²) in [5.41, 5.74) is 0. The Labute approximate surface area is 99.4 Å². The summed E-state index contributed by atoms with van der Waals surface area (Å²) in [7, 11) is 0. The summed E-state index contributed by atoms with van der Waals surface area (Å²) in [5.74, 6) is 0.592. The standard InChI is InChI=1S/C11H14ClN3O/c12-9-6-13-7-10(14-9)15-11(16)8-4-2-1-3-5-8/h6-8H,1-5H2,(H,14,15,16). The molecule has 1 amide bonds. The van der Waals surface area contributed by atoms with E-state index >= 15 is 0 Å². The molecule has 1 aliphatic rings. The Kier molecular flexibility index (Phi) is 3.72. The van der Waals surface area contributed by atoms with E-state index in [4.69, 9.17) is 11.6 Å². The first-order valence-corrected chi connectivity index (χ1v) is 5.92. The second-order valence-corrected chi connectivity index (χ2v) is 4.44. The maximum atomic E-state index is 11.9. The molecule has 1 aliphatic carbocycles. The van der Waals surface area contributed by atoms with Crippen molar-refractivity contribution in [2.75, 3.05) is 5.32 Å². The Bertz CT molecular complexity index is 377. The molecule has 0 saturated heterocycles. The maximum absolute atomic E-state index is 11.9. The second kappa shape index (κ2) is 5.25. The van der Waals surface area contributed by atoms with Gasteiger partial charge in [-0.15, -0.1) is 0 Å². The number of nitrogens with zero attached hydrogens (tertiary/aromatic N) is 2. The number of nitrogens with one attached hydrogen (secondary N) is 1. The van der Waals surface area contributed by atoms with Gasteiger partial charge in [0, 0.05) is 5.92 Å². The first kappa shape index (κ1) is 11.3. The Morgan fingerprint density at radius 3 is 2.75 bits per heavy atom. The highest BCUT2D eigenvalue weighted by atomic mass is 35.5. The molecule has 0 radical (unpaired) electrons. The molecule has 0 spiro atoms. The number of anilines is 1. The molecule has 1 N–H and O–H groups in total. The fourth-order valence-electron chi connectivity index (χ4n) is 2.00. The van der Waals surface area contributed by atoms with Crippen LogP contribution in [0.5, 0.6) is 0 Å². The van der Waals surface area contributed by atoms with E-state index in [1.807, 2.05) is 0 Å². The lowest BCUT2D eigenvalue weighted by molar-refractivity contribution is -0.120. The van der Waals surface area contributed by atoms with Crippen molar-refractivity contribution in [2.24, 2.45) is 5.92 Å². The third-order valence-corrected chi connectivity index (χ3v) is 3.01. The number of aromatic nitrogens is 2. The van der Waals surface area contributed by atoms with Crippen LogP contribution in [0.25, 0.3) is 0 Å². The summed E-state index contributed by atoms with van der Waals surface area (Å²) >= 11 is 5.69. The molecule has 0 aromatic carbocycles. The van der Waals surface area contributed by atoms with E-state index in [1.54, 1.807) is 0 Å². The van der Waals surface area contributed by atoms with Gasteiger partial charge in [-0.05, 0) is 12.8 Å². The molecule has 0 unspecified atom stereocenters. The van der Waals surface area contributed by atoms with Crippen LogP contribution in [0.4, 0.5) is 5.82 Å². The molecule has 16 heavy (non-hydrogen) atoms. The summed E-state index contributed by atoms with van der Waals surface area (Å²) in [6, 6.07) is 0. The van der Waals surface area contributed by atoms with Gasteiger partial charge in [0.1, 0.15) is 5.15 Å². The molecule has 1 fully saturated rings. The van der Waals surface area contributed by atoms with E-state index < -0.39 is 0 Å². The van der Waals surface area contributed by atoms with Crippen molar-refractivity contribution in [3.8, 4) is 0 Å². The molecular weight excluding hydrogens is 226 g/mol. The minimum atomic E-state index is 0.0382. The average Bonchev–Trinajstić information content (AvgIpc) is 2.30. The molecule has 5 heteroatoms. The van der Waals surface area contributed by atoms with Gasteiger partial charge >= 0.3 is 0 Å². The van der Waals surface area contributed by atoms with Gasteiger partial charge in [-0.2, -0.15) is 0 Å². The van der Waals surface area contributed by atoms with E-state index in [2.05, 4.69) is 15.3 Å². The second-order valence-electron chi connectivity index (χ2n) is 4.05. The summed E-state index contributed by atoms with van der Waals surface area (Å²) in [4.78, 5) is 19.7. The first-order valence-electron chi connectivity index (χ1n) is 5.54. The average molecular weight is 240 g/mol. The van der Waals surface area contributed by atoms with Crippen molar-refractivity contribution >= 4 is 23.3 Å². The fourth-order valence-corrected chi connectivity index (χ4v) is 2.14. The zero-order valence-corrected chi connectivity index (χ0v) is 9.70. The lowest BCUT2D eigenvalue weighted by atomic mass is 9.89. The van der Waals surface area contributed by atoms with Gasteiger partial charge in [0.05, 0.1) is 12.4 Å². The van der Waals surface area contributed by atoms with Gasteiger partial charge in [-0.3, -0.25) is 9.78 Å². The van der Waals surface area contributed by atoms with Crippen molar-refractivity contribution in [2.45, 2.75) is 32.1 Å². The van der Waals surface area contributed by atoms with Crippen LogP contribution in [0.3, 0.4) is 0 Å². The Morgan fingerprint density at radius 1 is 1.31 bits per heavy atom. The summed E-state index contributed by atoms with van der Waals surface area (Å²) in [6.45, 7) is 0. The van der Waals surface area contributed by atoms with Crippen LogP contribution in [-0.2, 0) is 4.79 Å². The third kappa shape index (κ3) is 2.92. The molecule has 0 atom stereocenters. The summed E-state index contributed by atoms with van der Waals surface area (Å²) in [6.07, 6.45) is 8.41. The zero-order valence-electron chi connectivity index (χ0n) is 8.95. The lowest BCUT2D eigenvalue weighted by Crippen LogP contribution is -2.25. The minimum Gasteiger partial charge on any atom is -0.309 e. The molecule has 0 bridgehead atoms. The number of carbonyl (C=O) groups excluding carboxylic acids is 1. The molecule has 1 heterocycles. The predicted molar refractivity (Wildman–Crippen MR) is 62.2 cm³/mol. The molecule has 86 valence electrons. The Balaban J connectivity index is 1.96. The van der Waals surface area contributed by atoms with Crippen LogP contribution in [-0.4, -0.2) is 15.9 Å². The van der Waals surface area contributed by atoms with Gasteiger partial charge in [0.2, 0.25) is 5.91 Å². The van der Waals surface area contributed by atoms with Gasteiger partial charge in [0.15, 0.2) is 5.82 Å². The predicted octanol–water partition coefficient (Wildman–Crippen LogP) is 2.65. The maximum Gasteiger partial charge on any atom is 0.228 e. The Hall–Kier alpha value is -1.16. The largest absolute Gasteiger partial charge is 0.309 e. The van der Waals surface area contributed by atoms with E-state index in [1.165, 1.54) is 18.8 Å². The molecule has 1 saturated carbocycles. The van der Waals surface area contributed by atoms with Crippen LogP contribution < -0.4 is 5.32 Å². The molecule has 4 nitrogen and oxygen atoms in total. The minimum absolute atomic E-state index is 0.0382. The third-order valence-electron chi connectivity index (χ3n) is 2.83. The van der Waals surface area contributed by atoms with Crippen molar-refractivity contribution in [1.29, 1.82) is 0 Å². The SMILES string of the molecule is O=C(Nc1cncc(Cl)n1)C1CCCCC1. The van der Waals surface area contributed by atoms with Gasteiger partial charge in [-0.1, -0.05) is 30.9 Å². The van der Waals surface area contributed by atoms with Crippen molar-refractivity contribution in [3.63, 3.8) is 0 Å². The van der Waals surface area contributed by atoms with Crippen LogP contribution in [0.2, 0.25) is 5.15 Å². The number of hydrogen-bond acceptors (Lipinski definition) is 3. The number of carbonyl (C=O) groups is 1. The smallest absolute Gasteiger partial charge is 0.228 e. The van der Waals surface area contributed by atoms with Gasteiger partial charge in [0.25, 0.3) is 0 Å². The van der Waals surface area contributed by atoms with Crippen LogP contribution in [0.1, 0.15) is 32.1 Å². The summed E-state index contributed by atoms with van der Waals surface area (Å²) in [5, 5.41) is 3.05. The highest BCUT2D eigenvalue weighted by molar-refractivity contribution is 6.29. The molecule has 1 aromatic rings. The van der Waals surface area contributed by atoms with Gasteiger partial charge < -0.3 is 5.32 Å². The first-order chi connectivity index (χ1) is 7.75. The highest BCUT2D eigenvalue weighted by Gasteiger charge is 2.21. The van der Waals surface area contributed by atoms with E-state index in [0.29, 0.717) is 11.0 Å². The van der Waals surface area contributed by atoms with Crippen molar-refractivity contribution in [1.82, 2.24) is 9.97 Å². The van der Waals surface area contributed by atoms with Crippen LogP contribution in [0.15, 0.2) is 12.4 Å². The zero-order chi connectivity index (χ0) is 11.4. The number of rotatable bonds is 2. The van der Waals surface area contributed by atoms with Crippen molar-refractivity contribution < 1.29 is 4.79 Å².